The van der Waals surface area contributed by atoms with Crippen LogP contribution in [0.15, 0.2) is 122 Å². The van der Waals surface area contributed by atoms with Gasteiger partial charge >= 0.3 is 19.8 Å². The molecule has 0 fully saturated rings. The van der Waals surface area contributed by atoms with Crippen LogP contribution in [0.2, 0.25) is 0 Å². The Morgan fingerprint density at radius 1 is 0.477 bits per heavy atom. The third-order valence-corrected chi connectivity index (χ3v) is 10.8. The quantitative estimate of drug-likeness (QED) is 0.0265. The minimum Gasteiger partial charge on any atom is -0.462 e. The zero-order valence-corrected chi connectivity index (χ0v) is 41.6. The van der Waals surface area contributed by atoms with Crippen LogP contribution in [0.25, 0.3) is 0 Å². The van der Waals surface area contributed by atoms with Gasteiger partial charge in [0.25, 0.3) is 0 Å². The number of ether oxygens (including phenoxy) is 2. The smallest absolute Gasteiger partial charge is 0.462 e. The summed E-state index contributed by atoms with van der Waals surface area (Å²) in [6.45, 7) is 3.52. The Balaban J connectivity index is 4.09. The maximum absolute atomic E-state index is 12.6. The highest BCUT2D eigenvalue weighted by Crippen LogP contribution is 2.43. The van der Waals surface area contributed by atoms with E-state index in [9.17, 15) is 19.0 Å². The Morgan fingerprint density at radius 2 is 0.846 bits per heavy atom. The van der Waals surface area contributed by atoms with Gasteiger partial charge in [-0.15, -0.1) is 0 Å². The van der Waals surface area contributed by atoms with Gasteiger partial charge in [0, 0.05) is 19.4 Å². The molecule has 2 atom stereocenters. The zero-order chi connectivity index (χ0) is 47.4. The van der Waals surface area contributed by atoms with Gasteiger partial charge in [0.1, 0.15) is 6.61 Å². The van der Waals surface area contributed by atoms with Crippen molar-refractivity contribution in [2.75, 3.05) is 26.4 Å². The molecule has 0 saturated heterocycles. The van der Waals surface area contributed by atoms with Crippen molar-refractivity contribution in [1.82, 2.24) is 0 Å². The Labute approximate surface area is 396 Å². The molecule has 0 aliphatic heterocycles. The predicted octanol–water partition coefficient (Wildman–Crippen LogP) is 15.3. The number of carbonyl (C=O) groups is 2. The zero-order valence-electron chi connectivity index (χ0n) is 40.7. The fourth-order valence-corrected chi connectivity index (χ4v) is 6.90. The van der Waals surface area contributed by atoms with E-state index in [1.54, 1.807) is 0 Å². The molecule has 3 N–H and O–H groups in total. The van der Waals surface area contributed by atoms with Gasteiger partial charge < -0.3 is 20.1 Å². The first-order chi connectivity index (χ1) is 31.8. The monoisotopic (exact) mass is 924 g/mol. The molecule has 0 aromatic carbocycles. The lowest BCUT2D eigenvalue weighted by molar-refractivity contribution is -0.161. The van der Waals surface area contributed by atoms with Crippen molar-refractivity contribution in [3.05, 3.63) is 122 Å². The number of hydrogen-bond acceptors (Lipinski definition) is 8. The van der Waals surface area contributed by atoms with Gasteiger partial charge in [0.05, 0.1) is 13.2 Å². The molecule has 0 radical (unpaired) electrons. The Hall–Kier alpha value is -3.59. The fraction of sp³-hybridized carbons (Fsp3) is 0.600. The number of hydrogen-bond donors (Lipinski definition) is 2. The molecule has 0 amide bonds. The van der Waals surface area contributed by atoms with Gasteiger partial charge in [-0.2, -0.15) is 0 Å². The van der Waals surface area contributed by atoms with Crippen molar-refractivity contribution in [2.45, 2.75) is 187 Å². The van der Waals surface area contributed by atoms with E-state index in [2.05, 4.69) is 135 Å². The van der Waals surface area contributed by atoms with Gasteiger partial charge in [-0.25, -0.2) is 4.57 Å². The van der Waals surface area contributed by atoms with Crippen LogP contribution in [0, 0.1) is 0 Å². The summed E-state index contributed by atoms with van der Waals surface area (Å²) < 4.78 is 32.8. The lowest BCUT2D eigenvalue weighted by Crippen LogP contribution is -2.29. The van der Waals surface area contributed by atoms with Gasteiger partial charge in [-0.1, -0.05) is 187 Å². The molecule has 0 spiro atoms. The number of rotatable bonds is 45. The molecule has 0 aromatic heterocycles. The average Bonchev–Trinajstić information content (AvgIpc) is 3.30. The van der Waals surface area contributed by atoms with E-state index in [1.165, 1.54) is 12.8 Å². The van der Waals surface area contributed by atoms with E-state index in [1.807, 2.05) is 0 Å². The molecule has 65 heavy (non-hydrogen) atoms. The first-order valence-electron chi connectivity index (χ1n) is 25.0. The van der Waals surface area contributed by atoms with Gasteiger partial charge in [0.15, 0.2) is 6.10 Å². The Morgan fingerprint density at radius 3 is 1.28 bits per heavy atom. The van der Waals surface area contributed by atoms with Gasteiger partial charge in [0.2, 0.25) is 0 Å². The lowest BCUT2D eigenvalue weighted by atomic mass is 10.1. The van der Waals surface area contributed by atoms with Crippen molar-refractivity contribution in [3.63, 3.8) is 0 Å². The van der Waals surface area contributed by atoms with Crippen molar-refractivity contribution < 1.29 is 37.6 Å². The fourth-order valence-electron chi connectivity index (χ4n) is 6.14. The second-order valence-corrected chi connectivity index (χ2v) is 17.4. The second-order valence-electron chi connectivity index (χ2n) is 15.9. The minimum absolute atomic E-state index is 0.0423. The van der Waals surface area contributed by atoms with Crippen molar-refractivity contribution in [3.8, 4) is 0 Å². The third kappa shape index (κ3) is 49.7. The number of carbonyl (C=O) groups excluding carboxylic acids is 2. The third-order valence-electron chi connectivity index (χ3n) is 9.83. The Bertz CT molecular complexity index is 1470. The van der Waals surface area contributed by atoms with Crippen LogP contribution >= 0.6 is 7.82 Å². The van der Waals surface area contributed by atoms with Crippen molar-refractivity contribution in [1.29, 1.82) is 0 Å². The molecule has 0 rings (SSSR count). The summed E-state index contributed by atoms with van der Waals surface area (Å²) in [5, 5.41) is 0. The highest BCUT2D eigenvalue weighted by Gasteiger charge is 2.26. The molecule has 0 saturated carbocycles. The molecule has 2 unspecified atom stereocenters. The van der Waals surface area contributed by atoms with E-state index < -0.39 is 32.5 Å². The van der Waals surface area contributed by atoms with Crippen molar-refractivity contribution >= 4 is 19.8 Å². The van der Waals surface area contributed by atoms with Crippen LogP contribution in [0.5, 0.6) is 0 Å². The number of nitrogens with two attached hydrogens (primary N) is 1. The van der Waals surface area contributed by atoms with Gasteiger partial charge in [-0.05, 0) is 103 Å². The number of allylic oxidation sites excluding steroid dienone is 20. The molecule has 0 aromatic rings. The number of phosphoric acid groups is 1. The number of unbranched alkanes of at least 4 members (excludes halogenated alkanes) is 12. The topological polar surface area (TPSA) is 134 Å². The molecule has 0 bridgehead atoms. The summed E-state index contributed by atoms with van der Waals surface area (Å²) in [6.07, 6.45) is 68.2. The summed E-state index contributed by atoms with van der Waals surface area (Å²) in [6, 6.07) is 0. The van der Waals surface area contributed by atoms with Crippen LogP contribution in [0.1, 0.15) is 181 Å². The molecule has 0 aliphatic rings. The van der Waals surface area contributed by atoms with Crippen LogP contribution in [-0.2, 0) is 32.7 Å². The van der Waals surface area contributed by atoms with E-state index in [4.69, 9.17) is 24.3 Å². The molecule has 368 valence electrons. The molecule has 0 heterocycles. The highest BCUT2D eigenvalue weighted by molar-refractivity contribution is 7.47. The number of esters is 2. The highest BCUT2D eigenvalue weighted by atomic mass is 31.2. The largest absolute Gasteiger partial charge is 0.472 e. The summed E-state index contributed by atoms with van der Waals surface area (Å²) in [5.41, 5.74) is 5.35. The van der Waals surface area contributed by atoms with Crippen LogP contribution in [0.3, 0.4) is 0 Å². The van der Waals surface area contributed by atoms with E-state index in [-0.39, 0.29) is 32.6 Å². The van der Waals surface area contributed by atoms with Gasteiger partial charge in [-0.3, -0.25) is 18.6 Å². The summed E-state index contributed by atoms with van der Waals surface area (Å²) in [5.74, 6) is -0.874. The van der Waals surface area contributed by atoms with Crippen LogP contribution < -0.4 is 5.73 Å². The lowest BCUT2D eigenvalue weighted by Gasteiger charge is -2.19. The summed E-state index contributed by atoms with van der Waals surface area (Å²) >= 11 is 0. The minimum atomic E-state index is -4.39. The normalized spacial score (nSPS) is 14.2. The first-order valence-corrected chi connectivity index (χ1v) is 26.5. The summed E-state index contributed by atoms with van der Waals surface area (Å²) in [7, 11) is -4.39. The maximum Gasteiger partial charge on any atom is 0.472 e. The van der Waals surface area contributed by atoms with E-state index in [0.717, 1.165) is 128 Å². The second kappa shape index (κ2) is 49.8. The molecule has 10 heteroatoms. The maximum atomic E-state index is 12.6. The predicted molar refractivity (Wildman–Crippen MR) is 274 cm³/mol. The van der Waals surface area contributed by atoms with Crippen LogP contribution in [-0.4, -0.2) is 49.3 Å². The molecular weight excluding hydrogens is 834 g/mol. The standard InChI is InChI=1S/C55H90NO8P/c1-3-5-7-9-11-13-15-16-17-18-19-20-21-22-23-24-25-26-27-28-29-30-31-32-33-34-35-36-38-40-42-44-46-48-55(58)64-53(52-63-65(59,60)62-50-49-56)51-61-54(57)47-45-43-41-39-37-14-12-10-8-6-4-2/h5,7,10-13,16-17,19-20,22-23,25-26,28-29,31-32,34-35,53H,3-4,6,8-9,14-15,18,21,24,27,30,33,36-52,56H2,1-2H3,(H,59,60)/b7-5-,12-10-,13-11-,17-16-,20-19-,23-22-,26-25-,29-28-,32-31-,35-34-. The molecular formula is C55H90NO8P. The van der Waals surface area contributed by atoms with Crippen LogP contribution in [0.4, 0.5) is 0 Å². The Kier molecular flexibility index (Phi) is 47.1. The van der Waals surface area contributed by atoms with E-state index in [0.29, 0.717) is 12.8 Å². The average molecular weight is 924 g/mol. The van der Waals surface area contributed by atoms with E-state index >= 15 is 0 Å². The number of phosphoric ester groups is 1. The first kappa shape index (κ1) is 61.4. The molecule has 9 nitrogen and oxygen atoms in total. The molecule has 0 aliphatic carbocycles. The summed E-state index contributed by atoms with van der Waals surface area (Å²) in [4.78, 5) is 34.9. The van der Waals surface area contributed by atoms with Crippen molar-refractivity contribution in [2.24, 2.45) is 5.73 Å². The SMILES string of the molecule is CC/C=C\C/C=C\C/C=C\C/C=C\C/C=C\C/C=C\C/C=C\C/C=C\C/C=C\CCCCCCCC(=O)OC(COC(=O)CCCCCCC/C=C\CCCC)COP(=O)(O)OCCN.